The van der Waals surface area contributed by atoms with Crippen molar-refractivity contribution in [2.75, 3.05) is 79.0 Å². The first-order valence-electron chi connectivity index (χ1n) is 16.9. The minimum absolute atomic E-state index is 0.00927. The van der Waals surface area contributed by atoms with Crippen molar-refractivity contribution in [3.63, 3.8) is 0 Å². The molecule has 0 aliphatic heterocycles. The monoisotopic (exact) mass is 720 g/mol. The largest absolute Gasteiger partial charge is 0.480 e. The van der Waals surface area contributed by atoms with Crippen molar-refractivity contribution in [1.82, 2.24) is 26.6 Å². The van der Waals surface area contributed by atoms with E-state index in [0.717, 1.165) is 19.3 Å². The van der Waals surface area contributed by atoms with Crippen molar-refractivity contribution < 1.29 is 62.7 Å². The van der Waals surface area contributed by atoms with E-state index in [1.807, 2.05) is 6.92 Å². The van der Waals surface area contributed by atoms with Gasteiger partial charge in [-0.15, -0.1) is 0 Å². The van der Waals surface area contributed by atoms with Gasteiger partial charge in [0.15, 0.2) is 0 Å². The number of hydrogen-bond donors (Lipinski definition) is 8. The van der Waals surface area contributed by atoms with Crippen LogP contribution in [0.3, 0.4) is 0 Å². The smallest absolute Gasteiger partial charge is 0.326 e. The van der Waals surface area contributed by atoms with Gasteiger partial charge < -0.3 is 61.5 Å². The lowest BCUT2D eigenvalue weighted by molar-refractivity contribution is -0.144. The van der Waals surface area contributed by atoms with Crippen molar-refractivity contribution in [2.45, 2.75) is 76.8 Å². The Balaban J connectivity index is 4.00. The highest BCUT2D eigenvalue weighted by molar-refractivity contribution is 5.86. The van der Waals surface area contributed by atoms with E-state index in [0.29, 0.717) is 39.1 Å². The molecule has 9 N–H and O–H groups in total. The molecule has 0 heterocycles. The van der Waals surface area contributed by atoms with E-state index in [-0.39, 0.29) is 89.6 Å². The second-order valence-electron chi connectivity index (χ2n) is 11.0. The molecule has 0 aromatic heterocycles. The van der Waals surface area contributed by atoms with Gasteiger partial charge in [-0.3, -0.25) is 24.0 Å². The first-order valence-corrected chi connectivity index (χ1v) is 16.9. The third-order valence-electron chi connectivity index (χ3n) is 6.64. The SMILES string of the molecule is CCCCCNC(=O)CC[C@H](NC(=O)CC[C@H](NC(=O)COCCOCCNC(=O)COCCOCCNC(=O)CCCN)C(=O)O)C(=O)O. The summed E-state index contributed by atoms with van der Waals surface area (Å²) in [5.74, 6) is -4.96. The van der Waals surface area contributed by atoms with E-state index in [1.54, 1.807) is 0 Å². The van der Waals surface area contributed by atoms with E-state index in [9.17, 15) is 43.8 Å². The number of carbonyl (C=O) groups is 7. The summed E-state index contributed by atoms with van der Waals surface area (Å²) in [6.45, 7) is 3.97. The van der Waals surface area contributed by atoms with Gasteiger partial charge in [0.05, 0.1) is 39.6 Å². The van der Waals surface area contributed by atoms with Crippen molar-refractivity contribution in [2.24, 2.45) is 5.73 Å². The van der Waals surface area contributed by atoms with Gasteiger partial charge in [0.1, 0.15) is 25.3 Å². The number of carboxylic acids is 2. The Morgan fingerprint density at radius 2 is 1.00 bits per heavy atom. The number of carbonyl (C=O) groups excluding carboxylic acids is 5. The average molecular weight is 721 g/mol. The maximum Gasteiger partial charge on any atom is 0.326 e. The van der Waals surface area contributed by atoms with Crippen LogP contribution < -0.4 is 32.3 Å². The maximum atomic E-state index is 12.3. The van der Waals surface area contributed by atoms with Gasteiger partial charge in [0, 0.05) is 38.9 Å². The predicted octanol–water partition coefficient (Wildman–Crippen LogP) is -1.97. The number of ether oxygens (including phenoxy) is 4. The van der Waals surface area contributed by atoms with Gasteiger partial charge in [-0.2, -0.15) is 0 Å². The van der Waals surface area contributed by atoms with Gasteiger partial charge in [-0.1, -0.05) is 19.8 Å². The predicted molar refractivity (Wildman–Crippen MR) is 178 cm³/mol. The fraction of sp³-hybridized carbons (Fsp3) is 0.774. The summed E-state index contributed by atoms with van der Waals surface area (Å²) in [5.41, 5.74) is 5.34. The average Bonchev–Trinajstić information content (AvgIpc) is 3.07. The van der Waals surface area contributed by atoms with Crippen LogP contribution in [0.1, 0.15) is 64.7 Å². The summed E-state index contributed by atoms with van der Waals surface area (Å²) >= 11 is 0. The Labute approximate surface area is 292 Å². The Bertz CT molecular complexity index is 1020. The first kappa shape index (κ1) is 46.1. The molecular weight excluding hydrogens is 664 g/mol. The molecule has 0 rings (SSSR count). The number of aliphatic carboxylic acids is 2. The van der Waals surface area contributed by atoms with E-state index < -0.39 is 42.4 Å². The van der Waals surface area contributed by atoms with Crippen molar-refractivity contribution in [3.05, 3.63) is 0 Å². The molecule has 0 bridgehead atoms. The number of unbranched alkanes of at least 4 members (excludes halogenated alkanes) is 2. The molecule has 2 atom stereocenters. The van der Waals surface area contributed by atoms with Gasteiger partial charge in [-0.25, -0.2) is 9.59 Å². The lowest BCUT2D eigenvalue weighted by Gasteiger charge is -2.17. The fourth-order valence-corrected chi connectivity index (χ4v) is 3.96. The number of hydrogen-bond acceptors (Lipinski definition) is 12. The number of nitrogens with one attached hydrogen (secondary N) is 5. The minimum Gasteiger partial charge on any atom is -0.480 e. The molecule has 0 unspecified atom stereocenters. The molecule has 0 saturated heterocycles. The third kappa shape index (κ3) is 28.0. The van der Waals surface area contributed by atoms with Crippen LogP contribution >= 0.6 is 0 Å². The fourth-order valence-electron chi connectivity index (χ4n) is 3.96. The highest BCUT2D eigenvalue weighted by Gasteiger charge is 2.24. The molecule has 50 heavy (non-hydrogen) atoms. The highest BCUT2D eigenvalue weighted by atomic mass is 16.5. The lowest BCUT2D eigenvalue weighted by Crippen LogP contribution is -2.45. The van der Waals surface area contributed by atoms with Crippen LogP contribution in [0.4, 0.5) is 0 Å². The lowest BCUT2D eigenvalue weighted by atomic mass is 10.1. The Morgan fingerprint density at radius 1 is 0.540 bits per heavy atom. The highest BCUT2D eigenvalue weighted by Crippen LogP contribution is 2.03. The topological polar surface area (TPSA) is 283 Å². The number of carboxylic acid groups (broad SMARTS) is 2. The maximum absolute atomic E-state index is 12.3. The second kappa shape index (κ2) is 31.1. The number of amides is 5. The van der Waals surface area contributed by atoms with E-state index in [1.165, 1.54) is 0 Å². The van der Waals surface area contributed by atoms with Gasteiger partial charge in [0.2, 0.25) is 29.5 Å². The van der Waals surface area contributed by atoms with Crippen LogP contribution in [0.5, 0.6) is 0 Å². The van der Waals surface area contributed by atoms with E-state index >= 15 is 0 Å². The molecule has 0 aliphatic carbocycles. The number of nitrogens with two attached hydrogens (primary N) is 1. The Hall–Kier alpha value is -3.91. The zero-order chi connectivity index (χ0) is 37.4. The standard InChI is InChI=1S/C31H56N6O13/c1-2-3-4-12-33-26(39)9-7-23(30(43)44)36-27(40)10-8-24(31(45)46)37-29(42)22-50-20-18-48-16-14-35-28(41)21-49-19-17-47-15-13-34-25(38)6-5-11-32/h23-24H,2-22,32H2,1H3,(H,33,39)(H,34,38)(H,35,41)(H,36,40)(H,37,42)(H,43,44)(H,45,46)/t23-,24-/m0/s1. The van der Waals surface area contributed by atoms with E-state index in [2.05, 4.69) is 26.6 Å². The third-order valence-corrected chi connectivity index (χ3v) is 6.64. The normalized spacial score (nSPS) is 12.0. The summed E-state index contributed by atoms with van der Waals surface area (Å²) in [6.07, 6.45) is 2.84. The zero-order valence-electron chi connectivity index (χ0n) is 29.0. The summed E-state index contributed by atoms with van der Waals surface area (Å²) in [6, 6.07) is -2.75. The van der Waals surface area contributed by atoms with Crippen LogP contribution in [0, 0.1) is 0 Å². The minimum atomic E-state index is -1.42. The van der Waals surface area contributed by atoms with Crippen molar-refractivity contribution in [3.8, 4) is 0 Å². The quantitative estimate of drug-likeness (QED) is 0.0342. The molecule has 0 saturated carbocycles. The number of rotatable bonds is 33. The van der Waals surface area contributed by atoms with Crippen LogP contribution in [-0.4, -0.2) is 143 Å². The van der Waals surface area contributed by atoms with Crippen LogP contribution in [0.15, 0.2) is 0 Å². The summed E-state index contributed by atoms with van der Waals surface area (Å²) < 4.78 is 21.0. The van der Waals surface area contributed by atoms with Crippen molar-refractivity contribution >= 4 is 41.5 Å². The van der Waals surface area contributed by atoms with Gasteiger partial charge in [-0.05, 0) is 32.2 Å². The molecule has 5 amide bonds. The van der Waals surface area contributed by atoms with Crippen LogP contribution in [0.25, 0.3) is 0 Å². The Kier molecular flexibility index (Phi) is 28.7. The van der Waals surface area contributed by atoms with Gasteiger partial charge in [0.25, 0.3) is 0 Å². The Morgan fingerprint density at radius 3 is 1.54 bits per heavy atom. The summed E-state index contributed by atoms with van der Waals surface area (Å²) in [4.78, 5) is 82.6. The molecule has 0 fully saturated rings. The van der Waals surface area contributed by atoms with Crippen molar-refractivity contribution in [1.29, 1.82) is 0 Å². The molecule has 0 spiro atoms. The molecule has 0 aromatic carbocycles. The molecule has 0 radical (unpaired) electrons. The summed E-state index contributed by atoms with van der Waals surface area (Å²) in [5, 5.41) is 31.3. The molecule has 19 nitrogen and oxygen atoms in total. The molecule has 19 heteroatoms. The first-order chi connectivity index (χ1) is 24.0. The van der Waals surface area contributed by atoms with Crippen LogP contribution in [-0.2, 0) is 52.5 Å². The second-order valence-corrected chi connectivity index (χ2v) is 11.0. The van der Waals surface area contributed by atoms with Gasteiger partial charge >= 0.3 is 11.9 Å². The zero-order valence-corrected chi connectivity index (χ0v) is 29.0. The van der Waals surface area contributed by atoms with Crippen LogP contribution in [0.2, 0.25) is 0 Å². The molecule has 288 valence electrons. The van der Waals surface area contributed by atoms with E-state index in [4.69, 9.17) is 24.7 Å². The summed E-state index contributed by atoms with van der Waals surface area (Å²) in [7, 11) is 0. The molecule has 0 aliphatic rings. The molecular formula is C31H56N6O13. The molecule has 0 aromatic rings.